The first-order valence-electron chi connectivity index (χ1n) is 8.74. The van der Waals surface area contributed by atoms with Gasteiger partial charge in [0.15, 0.2) is 0 Å². The molecule has 136 valence electrons. The molecule has 5 nitrogen and oxygen atoms in total. The van der Waals surface area contributed by atoms with Gasteiger partial charge in [-0.25, -0.2) is 9.97 Å². The van der Waals surface area contributed by atoms with Gasteiger partial charge in [0, 0.05) is 35.7 Å². The van der Waals surface area contributed by atoms with Crippen molar-refractivity contribution < 1.29 is 9.47 Å². The van der Waals surface area contributed by atoms with E-state index in [2.05, 4.69) is 25.8 Å². The zero-order valence-corrected chi connectivity index (χ0v) is 16.0. The van der Waals surface area contributed by atoms with E-state index in [4.69, 9.17) is 19.4 Å². The molecule has 3 aromatic rings. The molecule has 5 heteroatoms. The molecular weight excluding hydrogens is 326 g/mol. The molecule has 0 aliphatic carbocycles. The lowest BCUT2D eigenvalue weighted by Gasteiger charge is -2.22. The van der Waals surface area contributed by atoms with Crippen LogP contribution in [0, 0.1) is 0 Å². The van der Waals surface area contributed by atoms with E-state index >= 15 is 0 Å². The Morgan fingerprint density at radius 2 is 1.65 bits per heavy atom. The van der Waals surface area contributed by atoms with Crippen LogP contribution in [-0.2, 0) is 18.3 Å². The van der Waals surface area contributed by atoms with Gasteiger partial charge < -0.3 is 9.47 Å². The van der Waals surface area contributed by atoms with Gasteiger partial charge >= 0.3 is 0 Å². The average molecular weight is 351 g/mol. The van der Waals surface area contributed by atoms with Crippen LogP contribution in [-0.4, -0.2) is 29.2 Å². The van der Waals surface area contributed by atoms with E-state index < -0.39 is 0 Å². The van der Waals surface area contributed by atoms with Crippen molar-refractivity contribution in [3.8, 4) is 11.5 Å². The quantitative estimate of drug-likeness (QED) is 0.692. The Morgan fingerprint density at radius 3 is 2.27 bits per heavy atom. The van der Waals surface area contributed by atoms with Crippen LogP contribution in [0.25, 0.3) is 10.9 Å². The van der Waals surface area contributed by atoms with Gasteiger partial charge in [0.1, 0.15) is 22.8 Å². The second kappa shape index (κ2) is 7.28. The Bertz CT molecular complexity index is 903. The Balaban J connectivity index is 2.10. The van der Waals surface area contributed by atoms with E-state index in [1.807, 2.05) is 36.7 Å². The summed E-state index contributed by atoms with van der Waals surface area (Å²) >= 11 is 0. The fourth-order valence-corrected chi connectivity index (χ4v) is 2.98. The topological polar surface area (TPSA) is 57.1 Å². The number of rotatable bonds is 5. The minimum Gasteiger partial charge on any atom is -0.497 e. The lowest BCUT2D eigenvalue weighted by Crippen LogP contribution is -2.17. The third-order valence-corrected chi connectivity index (χ3v) is 4.34. The highest BCUT2D eigenvalue weighted by atomic mass is 16.5. The number of methoxy groups -OCH3 is 2. The summed E-state index contributed by atoms with van der Waals surface area (Å²) in [5.74, 6) is 2.27. The fraction of sp³-hybridized carbons (Fsp3) is 0.381. The van der Waals surface area contributed by atoms with Crippen LogP contribution in [0.2, 0.25) is 0 Å². The number of fused-ring (bicyclic) bond motifs is 1. The Kier molecular flexibility index (Phi) is 5.07. The van der Waals surface area contributed by atoms with E-state index in [1.165, 1.54) is 5.56 Å². The van der Waals surface area contributed by atoms with E-state index in [9.17, 15) is 0 Å². The number of pyridine rings is 1. The molecule has 0 N–H and O–H groups in total. The molecule has 2 aromatic heterocycles. The first kappa shape index (κ1) is 18.1. The third-order valence-electron chi connectivity index (χ3n) is 4.34. The van der Waals surface area contributed by atoms with Gasteiger partial charge in [-0.15, -0.1) is 0 Å². The molecule has 26 heavy (non-hydrogen) atoms. The van der Waals surface area contributed by atoms with Crippen LogP contribution < -0.4 is 9.47 Å². The summed E-state index contributed by atoms with van der Waals surface area (Å²) in [6.07, 6.45) is 5.26. The molecule has 0 fully saturated rings. The third kappa shape index (κ3) is 3.77. The van der Waals surface area contributed by atoms with Crippen molar-refractivity contribution in [2.45, 2.75) is 39.0 Å². The predicted octanol–water partition coefficient (Wildman–Crippen LogP) is 4.12. The van der Waals surface area contributed by atoms with Crippen molar-refractivity contribution in [3.05, 3.63) is 53.7 Å². The molecule has 0 saturated carbocycles. The lowest BCUT2D eigenvalue weighted by atomic mass is 9.88. The zero-order chi connectivity index (χ0) is 18.7. The molecule has 1 aromatic carbocycles. The number of aryl methyl sites for hydroxylation is 2. The van der Waals surface area contributed by atoms with E-state index in [1.54, 1.807) is 14.2 Å². The normalized spacial score (nSPS) is 11.6. The molecule has 0 atom stereocenters. The van der Waals surface area contributed by atoms with Gasteiger partial charge in [0.25, 0.3) is 0 Å². The maximum atomic E-state index is 5.58. The molecule has 0 amide bonds. The minimum atomic E-state index is -0.121. The van der Waals surface area contributed by atoms with Crippen molar-refractivity contribution in [3.63, 3.8) is 0 Å². The number of ether oxygens (including phenoxy) is 2. The molecule has 0 aliphatic heterocycles. The number of aromatic nitrogens is 3. The number of hydrogen-bond acceptors (Lipinski definition) is 5. The van der Waals surface area contributed by atoms with Crippen molar-refractivity contribution in [1.29, 1.82) is 0 Å². The van der Waals surface area contributed by atoms with Crippen molar-refractivity contribution >= 4 is 10.9 Å². The summed E-state index contributed by atoms with van der Waals surface area (Å²) < 4.78 is 11.0. The van der Waals surface area contributed by atoms with Gasteiger partial charge in [-0.3, -0.25) is 4.98 Å². The molecule has 0 aliphatic rings. The van der Waals surface area contributed by atoms with Crippen LogP contribution in [0.4, 0.5) is 0 Å². The molecule has 0 saturated heterocycles. The van der Waals surface area contributed by atoms with Gasteiger partial charge in [-0.1, -0.05) is 20.8 Å². The van der Waals surface area contributed by atoms with Crippen molar-refractivity contribution in [2.75, 3.05) is 14.2 Å². The number of hydrogen-bond donors (Lipinski definition) is 0. The standard InChI is InChI=1S/C21H25N3O2/c1-21(2,3)20-16-12-15(25-4)13-17(26-5)19(16)23-18(24-20)7-6-14-8-10-22-11-9-14/h8-13H,6-7H2,1-5H3. The highest BCUT2D eigenvalue weighted by Crippen LogP contribution is 2.35. The molecule has 0 radical (unpaired) electrons. The monoisotopic (exact) mass is 351 g/mol. The highest BCUT2D eigenvalue weighted by Gasteiger charge is 2.23. The molecular formula is C21H25N3O2. The Hall–Kier alpha value is -2.69. The summed E-state index contributed by atoms with van der Waals surface area (Å²) in [7, 11) is 3.31. The molecule has 0 unspecified atom stereocenters. The second-order valence-corrected chi connectivity index (χ2v) is 7.32. The number of nitrogens with zero attached hydrogens (tertiary/aromatic N) is 3. The van der Waals surface area contributed by atoms with E-state index in [0.717, 1.165) is 41.0 Å². The molecule has 0 bridgehead atoms. The van der Waals surface area contributed by atoms with Crippen LogP contribution in [0.1, 0.15) is 37.9 Å². The maximum absolute atomic E-state index is 5.58. The zero-order valence-electron chi connectivity index (χ0n) is 16.0. The van der Waals surface area contributed by atoms with Crippen LogP contribution in [0.5, 0.6) is 11.5 Å². The summed E-state index contributed by atoms with van der Waals surface area (Å²) in [5.41, 5.74) is 2.94. The smallest absolute Gasteiger partial charge is 0.148 e. The largest absolute Gasteiger partial charge is 0.497 e. The maximum Gasteiger partial charge on any atom is 0.148 e. The van der Waals surface area contributed by atoms with Gasteiger partial charge in [-0.05, 0) is 30.2 Å². The van der Waals surface area contributed by atoms with Crippen molar-refractivity contribution in [1.82, 2.24) is 15.0 Å². The molecule has 0 spiro atoms. The van der Waals surface area contributed by atoms with E-state index in [-0.39, 0.29) is 5.41 Å². The van der Waals surface area contributed by atoms with Crippen molar-refractivity contribution in [2.24, 2.45) is 0 Å². The van der Waals surface area contributed by atoms with Crippen LogP contribution in [0.15, 0.2) is 36.7 Å². The average Bonchev–Trinajstić information content (AvgIpc) is 2.64. The number of benzene rings is 1. The van der Waals surface area contributed by atoms with E-state index in [0.29, 0.717) is 5.75 Å². The van der Waals surface area contributed by atoms with Gasteiger partial charge in [0.05, 0.1) is 19.9 Å². The molecule has 2 heterocycles. The SMILES string of the molecule is COc1cc(OC)c2nc(CCc3ccncc3)nc(C(C)(C)C)c2c1. The predicted molar refractivity (Wildman–Crippen MR) is 103 cm³/mol. The fourth-order valence-electron chi connectivity index (χ4n) is 2.98. The van der Waals surface area contributed by atoms with Crippen LogP contribution >= 0.6 is 0 Å². The highest BCUT2D eigenvalue weighted by molar-refractivity contribution is 5.88. The molecule has 3 rings (SSSR count). The summed E-state index contributed by atoms with van der Waals surface area (Å²) in [6.45, 7) is 6.48. The van der Waals surface area contributed by atoms with Gasteiger partial charge in [0.2, 0.25) is 0 Å². The lowest BCUT2D eigenvalue weighted by molar-refractivity contribution is 0.397. The summed E-state index contributed by atoms with van der Waals surface area (Å²) in [4.78, 5) is 13.8. The second-order valence-electron chi connectivity index (χ2n) is 7.32. The summed E-state index contributed by atoms with van der Waals surface area (Å²) in [6, 6.07) is 7.91. The van der Waals surface area contributed by atoms with Crippen LogP contribution in [0.3, 0.4) is 0 Å². The first-order valence-corrected chi connectivity index (χ1v) is 8.74. The Labute approximate surface area is 154 Å². The first-order chi connectivity index (χ1) is 12.4. The minimum absolute atomic E-state index is 0.121. The van der Waals surface area contributed by atoms with Gasteiger partial charge in [-0.2, -0.15) is 0 Å². The Morgan fingerprint density at radius 1 is 0.923 bits per heavy atom. The summed E-state index contributed by atoms with van der Waals surface area (Å²) in [5, 5.41) is 0.973.